The van der Waals surface area contributed by atoms with E-state index in [9.17, 15) is 14.9 Å². The molecule has 5 N–H and O–H groups in total. The zero-order valence-electron chi connectivity index (χ0n) is 16.9. The van der Waals surface area contributed by atoms with E-state index < -0.39 is 12.1 Å². The van der Waals surface area contributed by atoms with Crippen molar-refractivity contribution in [1.29, 1.82) is 5.26 Å². The van der Waals surface area contributed by atoms with Crippen LogP contribution in [0.25, 0.3) is 10.9 Å². The van der Waals surface area contributed by atoms with E-state index in [2.05, 4.69) is 21.7 Å². The molecule has 3 amide bonds. The number of anilines is 1. The van der Waals surface area contributed by atoms with Crippen molar-refractivity contribution in [1.82, 2.24) is 15.2 Å². The van der Waals surface area contributed by atoms with E-state index in [4.69, 9.17) is 5.73 Å². The van der Waals surface area contributed by atoms with Crippen molar-refractivity contribution < 1.29 is 9.59 Å². The molecule has 31 heavy (non-hydrogen) atoms. The lowest BCUT2D eigenvalue weighted by atomic mass is 10.0. The molecule has 1 aliphatic heterocycles. The fourth-order valence-corrected chi connectivity index (χ4v) is 4.82. The molecule has 1 aromatic carbocycles. The molecular weight excluding hydrogens is 412 g/mol. The van der Waals surface area contributed by atoms with E-state index in [0.717, 1.165) is 35.0 Å². The topological polar surface area (TPSA) is 127 Å². The first-order chi connectivity index (χ1) is 15.0. The van der Waals surface area contributed by atoms with Crippen molar-refractivity contribution in [3.8, 4) is 6.07 Å². The zero-order valence-corrected chi connectivity index (χ0v) is 17.7. The van der Waals surface area contributed by atoms with Crippen LogP contribution in [0, 0.1) is 11.3 Å². The standard InChI is InChI=1S/C22H24N6O2S/c23-10-17-12-31-13-28(17)21(29)19(24)8-14-11-25-20-7-6-16(9-18(14)20)27-22(30)26-15-4-2-1-3-5-15/h2,4-7,9,11,17,19,25H,1,3,8,12-13,24H2,(H2,26,27,30)/t17?,19-/m0/s1. The van der Waals surface area contributed by atoms with Gasteiger partial charge in [0.1, 0.15) is 6.04 Å². The van der Waals surface area contributed by atoms with Gasteiger partial charge in [0.15, 0.2) is 0 Å². The summed E-state index contributed by atoms with van der Waals surface area (Å²) in [4.78, 5) is 29.8. The Hall–Kier alpha value is -3.22. The number of nitriles is 1. The third kappa shape index (κ3) is 4.76. The Bertz CT molecular complexity index is 1100. The molecule has 2 heterocycles. The molecule has 1 saturated heterocycles. The third-order valence-corrected chi connectivity index (χ3v) is 6.36. The predicted octanol–water partition coefficient (Wildman–Crippen LogP) is 2.82. The Balaban J connectivity index is 1.45. The second-order valence-electron chi connectivity index (χ2n) is 7.56. The minimum Gasteiger partial charge on any atom is -0.361 e. The first kappa shape index (κ1) is 21.0. The summed E-state index contributed by atoms with van der Waals surface area (Å²) in [5, 5.41) is 15.8. The van der Waals surface area contributed by atoms with Crippen molar-refractivity contribution >= 4 is 40.3 Å². The molecule has 0 spiro atoms. The molecule has 4 rings (SSSR count). The number of thioether (sulfide) groups is 1. The highest BCUT2D eigenvalue weighted by atomic mass is 32.2. The fraction of sp³-hybridized carbons (Fsp3) is 0.318. The minimum atomic E-state index is -0.738. The summed E-state index contributed by atoms with van der Waals surface area (Å²) >= 11 is 1.56. The van der Waals surface area contributed by atoms with Crippen LogP contribution in [0.2, 0.25) is 0 Å². The molecule has 1 aromatic heterocycles. The smallest absolute Gasteiger partial charge is 0.323 e. The summed E-state index contributed by atoms with van der Waals surface area (Å²) < 4.78 is 0. The molecule has 0 bridgehead atoms. The van der Waals surface area contributed by atoms with Crippen molar-refractivity contribution in [2.24, 2.45) is 5.73 Å². The van der Waals surface area contributed by atoms with Gasteiger partial charge in [0.05, 0.1) is 18.0 Å². The maximum absolute atomic E-state index is 12.7. The van der Waals surface area contributed by atoms with Crippen molar-refractivity contribution in [3.63, 3.8) is 0 Å². The minimum absolute atomic E-state index is 0.214. The number of fused-ring (bicyclic) bond motifs is 1. The number of hydrogen-bond acceptors (Lipinski definition) is 5. The number of allylic oxidation sites excluding steroid dienone is 3. The van der Waals surface area contributed by atoms with E-state index in [-0.39, 0.29) is 11.9 Å². The molecule has 0 saturated carbocycles. The summed E-state index contributed by atoms with van der Waals surface area (Å²) in [6.07, 6.45) is 9.97. The highest BCUT2D eigenvalue weighted by molar-refractivity contribution is 7.99. The number of carbonyl (C=O) groups is 2. The molecule has 160 valence electrons. The van der Waals surface area contributed by atoms with E-state index in [1.807, 2.05) is 42.6 Å². The van der Waals surface area contributed by atoms with E-state index in [1.54, 1.807) is 16.7 Å². The van der Waals surface area contributed by atoms with Crippen LogP contribution in [-0.4, -0.2) is 45.5 Å². The monoisotopic (exact) mass is 436 g/mol. The van der Waals surface area contributed by atoms with E-state index in [1.165, 1.54) is 0 Å². The maximum Gasteiger partial charge on any atom is 0.323 e. The Morgan fingerprint density at radius 2 is 2.23 bits per heavy atom. The first-order valence-electron chi connectivity index (χ1n) is 10.1. The highest BCUT2D eigenvalue weighted by Gasteiger charge is 2.32. The predicted molar refractivity (Wildman–Crippen MR) is 122 cm³/mol. The number of amides is 3. The van der Waals surface area contributed by atoms with Crippen LogP contribution >= 0.6 is 11.8 Å². The number of aromatic nitrogens is 1. The number of carbonyl (C=O) groups excluding carboxylic acids is 2. The molecule has 1 fully saturated rings. The normalized spacial score (nSPS) is 19.0. The fourth-order valence-electron chi connectivity index (χ4n) is 3.73. The zero-order chi connectivity index (χ0) is 21.8. The number of nitrogens with zero attached hydrogens (tertiary/aromatic N) is 2. The Labute approximate surface area is 184 Å². The van der Waals surface area contributed by atoms with Gasteiger partial charge in [-0.3, -0.25) is 4.79 Å². The van der Waals surface area contributed by atoms with Crippen molar-refractivity contribution in [2.75, 3.05) is 16.9 Å². The summed E-state index contributed by atoms with van der Waals surface area (Å²) in [6, 6.07) is 6.26. The summed E-state index contributed by atoms with van der Waals surface area (Å²) in [5.74, 6) is 0.896. The number of hydrogen-bond donors (Lipinski definition) is 4. The molecular formula is C22H24N6O2S. The van der Waals surface area contributed by atoms with Crippen LogP contribution in [-0.2, 0) is 11.2 Å². The number of nitrogens with one attached hydrogen (secondary N) is 3. The Kier molecular flexibility index (Phi) is 6.30. The molecule has 1 aliphatic carbocycles. The third-order valence-electron chi connectivity index (χ3n) is 5.35. The summed E-state index contributed by atoms with van der Waals surface area (Å²) in [6.45, 7) is 0. The lowest BCUT2D eigenvalue weighted by Crippen LogP contribution is -2.47. The van der Waals surface area contributed by atoms with Gasteiger partial charge in [-0.25, -0.2) is 4.79 Å². The van der Waals surface area contributed by atoms with Crippen LogP contribution in [0.5, 0.6) is 0 Å². The molecule has 1 unspecified atom stereocenters. The highest BCUT2D eigenvalue weighted by Crippen LogP contribution is 2.25. The van der Waals surface area contributed by atoms with Crippen molar-refractivity contribution in [2.45, 2.75) is 31.3 Å². The molecule has 2 atom stereocenters. The summed E-state index contributed by atoms with van der Waals surface area (Å²) in [5.41, 5.74) is 9.41. The lowest BCUT2D eigenvalue weighted by molar-refractivity contribution is -0.132. The van der Waals surface area contributed by atoms with Crippen LogP contribution in [0.3, 0.4) is 0 Å². The Morgan fingerprint density at radius 3 is 3.00 bits per heavy atom. The second-order valence-corrected chi connectivity index (χ2v) is 8.56. The SMILES string of the molecule is N#CC1CSCN1C(=O)[C@@H](N)Cc1c[nH]c2ccc(NC(=O)NC3=CCCC=C3)cc12. The number of rotatable bonds is 5. The van der Waals surface area contributed by atoms with E-state index in [0.29, 0.717) is 23.7 Å². The van der Waals surface area contributed by atoms with Crippen LogP contribution < -0.4 is 16.4 Å². The quantitative estimate of drug-likeness (QED) is 0.573. The van der Waals surface area contributed by atoms with Crippen LogP contribution in [0.15, 0.2) is 48.3 Å². The van der Waals surface area contributed by atoms with Gasteiger partial charge >= 0.3 is 6.03 Å². The second kappa shape index (κ2) is 9.29. The van der Waals surface area contributed by atoms with Gasteiger partial charge in [0.25, 0.3) is 0 Å². The van der Waals surface area contributed by atoms with Gasteiger partial charge in [0.2, 0.25) is 5.91 Å². The largest absolute Gasteiger partial charge is 0.361 e. The van der Waals surface area contributed by atoms with Gasteiger partial charge < -0.3 is 26.3 Å². The molecule has 2 aromatic rings. The van der Waals surface area contributed by atoms with Gasteiger partial charge in [-0.15, -0.1) is 11.8 Å². The average Bonchev–Trinajstić information content (AvgIpc) is 3.41. The molecule has 0 radical (unpaired) electrons. The number of urea groups is 1. The van der Waals surface area contributed by atoms with Crippen LogP contribution in [0.1, 0.15) is 18.4 Å². The number of benzene rings is 1. The Morgan fingerprint density at radius 1 is 1.35 bits per heavy atom. The van der Waals surface area contributed by atoms with E-state index >= 15 is 0 Å². The summed E-state index contributed by atoms with van der Waals surface area (Å²) in [7, 11) is 0. The molecule has 9 heteroatoms. The molecule has 2 aliphatic rings. The van der Waals surface area contributed by atoms with Gasteiger partial charge in [0, 0.05) is 34.2 Å². The molecule has 8 nitrogen and oxygen atoms in total. The lowest BCUT2D eigenvalue weighted by Gasteiger charge is -2.22. The van der Waals surface area contributed by atoms with Gasteiger partial charge in [-0.1, -0.05) is 12.2 Å². The van der Waals surface area contributed by atoms with Crippen LogP contribution in [0.4, 0.5) is 10.5 Å². The number of nitrogens with two attached hydrogens (primary N) is 1. The van der Waals surface area contributed by atoms with Gasteiger partial charge in [-0.2, -0.15) is 5.26 Å². The average molecular weight is 437 g/mol. The maximum atomic E-state index is 12.7. The number of H-pyrrole nitrogens is 1. The van der Waals surface area contributed by atoms with Gasteiger partial charge in [-0.05, 0) is 49.1 Å². The van der Waals surface area contributed by atoms with Crippen molar-refractivity contribution in [3.05, 3.63) is 53.9 Å². The first-order valence-corrected chi connectivity index (χ1v) is 11.3. The number of aromatic amines is 1.